The van der Waals surface area contributed by atoms with Crippen LogP contribution in [0.2, 0.25) is 10.0 Å². The number of aliphatic hydroxyl groups is 1. The summed E-state index contributed by atoms with van der Waals surface area (Å²) in [5.74, 6) is -0.220. The number of benzene rings is 1. The predicted octanol–water partition coefficient (Wildman–Crippen LogP) is 2.42. The Morgan fingerprint density at radius 3 is 2.35 bits per heavy atom. The van der Waals surface area contributed by atoms with Crippen molar-refractivity contribution in [1.82, 2.24) is 5.32 Å². The van der Waals surface area contributed by atoms with E-state index in [1.54, 1.807) is 32.0 Å². The standard InChI is InChI=1S/C12H15Cl2NO2/c1-12(2,17)7-15-11(16)6-8-9(13)4-3-5-10(8)14/h3-5,17H,6-7H2,1-2H3,(H,15,16). The number of halogens is 2. The fourth-order valence-corrected chi connectivity index (χ4v) is 1.77. The fourth-order valence-electron chi connectivity index (χ4n) is 1.24. The van der Waals surface area contributed by atoms with Crippen molar-refractivity contribution in [3.63, 3.8) is 0 Å². The number of hydrogen-bond donors (Lipinski definition) is 2. The first-order valence-corrected chi connectivity index (χ1v) is 5.97. The van der Waals surface area contributed by atoms with Gasteiger partial charge in [0.2, 0.25) is 5.91 Å². The molecule has 0 radical (unpaired) electrons. The number of hydrogen-bond acceptors (Lipinski definition) is 2. The topological polar surface area (TPSA) is 49.3 Å². The minimum Gasteiger partial charge on any atom is -0.389 e. The zero-order valence-electron chi connectivity index (χ0n) is 9.76. The number of rotatable bonds is 4. The van der Waals surface area contributed by atoms with E-state index in [0.29, 0.717) is 15.6 Å². The molecule has 0 fully saturated rings. The molecule has 0 saturated heterocycles. The maximum atomic E-state index is 11.6. The van der Waals surface area contributed by atoms with Gasteiger partial charge in [-0.3, -0.25) is 4.79 Å². The lowest BCUT2D eigenvalue weighted by Gasteiger charge is -2.17. The van der Waals surface area contributed by atoms with E-state index in [9.17, 15) is 9.90 Å². The number of carbonyl (C=O) groups is 1. The lowest BCUT2D eigenvalue weighted by atomic mass is 10.1. The summed E-state index contributed by atoms with van der Waals surface area (Å²) in [7, 11) is 0. The van der Waals surface area contributed by atoms with Crippen molar-refractivity contribution in [2.45, 2.75) is 25.9 Å². The van der Waals surface area contributed by atoms with Gasteiger partial charge in [-0.05, 0) is 31.5 Å². The Morgan fingerprint density at radius 1 is 1.35 bits per heavy atom. The molecule has 0 bridgehead atoms. The first-order valence-electron chi connectivity index (χ1n) is 5.21. The third-order valence-electron chi connectivity index (χ3n) is 2.12. The molecule has 17 heavy (non-hydrogen) atoms. The highest BCUT2D eigenvalue weighted by Crippen LogP contribution is 2.24. The normalized spacial score (nSPS) is 11.4. The molecule has 1 amide bonds. The summed E-state index contributed by atoms with van der Waals surface area (Å²) >= 11 is 11.9. The summed E-state index contributed by atoms with van der Waals surface area (Å²) < 4.78 is 0. The summed E-state index contributed by atoms with van der Waals surface area (Å²) in [5, 5.41) is 13.0. The average Bonchev–Trinajstić information content (AvgIpc) is 2.20. The van der Waals surface area contributed by atoms with Crippen LogP contribution < -0.4 is 5.32 Å². The number of carbonyl (C=O) groups excluding carboxylic acids is 1. The minimum atomic E-state index is -0.931. The Kier molecular flexibility index (Phi) is 4.80. The van der Waals surface area contributed by atoms with Gasteiger partial charge in [0.1, 0.15) is 0 Å². The van der Waals surface area contributed by atoms with Gasteiger partial charge >= 0.3 is 0 Å². The maximum Gasteiger partial charge on any atom is 0.224 e. The van der Waals surface area contributed by atoms with E-state index >= 15 is 0 Å². The highest BCUT2D eigenvalue weighted by molar-refractivity contribution is 6.36. The van der Waals surface area contributed by atoms with Gasteiger partial charge < -0.3 is 10.4 Å². The van der Waals surface area contributed by atoms with Crippen LogP contribution in [0.15, 0.2) is 18.2 Å². The molecule has 1 aromatic carbocycles. The molecule has 0 spiro atoms. The Balaban J connectivity index is 2.63. The van der Waals surface area contributed by atoms with E-state index in [1.165, 1.54) is 0 Å². The van der Waals surface area contributed by atoms with Gasteiger partial charge in [0.25, 0.3) is 0 Å². The van der Waals surface area contributed by atoms with Gasteiger partial charge in [0, 0.05) is 16.6 Å². The van der Waals surface area contributed by atoms with Crippen molar-refractivity contribution in [3.8, 4) is 0 Å². The van der Waals surface area contributed by atoms with Crippen LogP contribution in [0.3, 0.4) is 0 Å². The molecule has 94 valence electrons. The monoisotopic (exact) mass is 275 g/mol. The second-order valence-corrected chi connectivity index (χ2v) is 5.28. The summed E-state index contributed by atoms with van der Waals surface area (Å²) in [6, 6.07) is 5.10. The highest BCUT2D eigenvalue weighted by atomic mass is 35.5. The van der Waals surface area contributed by atoms with Gasteiger partial charge in [-0.15, -0.1) is 0 Å². The first kappa shape index (κ1) is 14.3. The van der Waals surface area contributed by atoms with Crippen LogP contribution >= 0.6 is 23.2 Å². The van der Waals surface area contributed by atoms with Crippen molar-refractivity contribution in [2.24, 2.45) is 0 Å². The fraction of sp³-hybridized carbons (Fsp3) is 0.417. The third kappa shape index (κ3) is 4.94. The molecule has 0 unspecified atom stereocenters. The molecular weight excluding hydrogens is 261 g/mol. The van der Waals surface area contributed by atoms with Crippen LogP contribution in [0.4, 0.5) is 0 Å². The summed E-state index contributed by atoms with van der Waals surface area (Å²) in [4.78, 5) is 11.6. The summed E-state index contributed by atoms with van der Waals surface area (Å²) in [6.45, 7) is 3.43. The zero-order chi connectivity index (χ0) is 13.1. The van der Waals surface area contributed by atoms with E-state index in [4.69, 9.17) is 23.2 Å². The van der Waals surface area contributed by atoms with Crippen LogP contribution in [0.1, 0.15) is 19.4 Å². The van der Waals surface area contributed by atoms with Crippen molar-refractivity contribution in [1.29, 1.82) is 0 Å². The molecule has 0 aliphatic rings. The molecule has 2 N–H and O–H groups in total. The van der Waals surface area contributed by atoms with Crippen molar-refractivity contribution < 1.29 is 9.90 Å². The Labute approximate surface area is 111 Å². The molecule has 3 nitrogen and oxygen atoms in total. The zero-order valence-corrected chi connectivity index (χ0v) is 11.3. The molecule has 0 saturated carbocycles. The van der Waals surface area contributed by atoms with Crippen LogP contribution in [0.5, 0.6) is 0 Å². The quantitative estimate of drug-likeness (QED) is 0.887. The summed E-state index contributed by atoms with van der Waals surface area (Å²) in [5.41, 5.74) is -0.330. The average molecular weight is 276 g/mol. The van der Waals surface area contributed by atoms with Gasteiger partial charge in [-0.25, -0.2) is 0 Å². The third-order valence-corrected chi connectivity index (χ3v) is 2.83. The molecule has 1 aromatic rings. The molecule has 0 atom stereocenters. The molecule has 0 aliphatic heterocycles. The van der Waals surface area contributed by atoms with Crippen molar-refractivity contribution in [2.75, 3.05) is 6.54 Å². The van der Waals surface area contributed by atoms with E-state index < -0.39 is 5.60 Å². The van der Waals surface area contributed by atoms with Crippen molar-refractivity contribution >= 4 is 29.1 Å². The Morgan fingerprint density at radius 2 is 1.88 bits per heavy atom. The predicted molar refractivity (Wildman–Crippen MR) is 69.5 cm³/mol. The van der Waals surface area contributed by atoms with Gasteiger partial charge in [-0.2, -0.15) is 0 Å². The molecule has 5 heteroatoms. The molecule has 0 heterocycles. The van der Waals surface area contributed by atoms with Crippen LogP contribution in [0, 0.1) is 0 Å². The van der Waals surface area contributed by atoms with Crippen LogP contribution in [0.25, 0.3) is 0 Å². The van der Waals surface area contributed by atoms with Gasteiger partial charge in [-0.1, -0.05) is 29.3 Å². The number of amides is 1. The van der Waals surface area contributed by atoms with E-state index in [0.717, 1.165) is 0 Å². The lowest BCUT2D eigenvalue weighted by molar-refractivity contribution is -0.121. The maximum absolute atomic E-state index is 11.6. The number of nitrogens with one attached hydrogen (secondary N) is 1. The van der Waals surface area contributed by atoms with Crippen LogP contribution in [-0.2, 0) is 11.2 Å². The molecule has 1 rings (SSSR count). The lowest BCUT2D eigenvalue weighted by Crippen LogP contribution is -2.38. The summed E-state index contributed by atoms with van der Waals surface area (Å²) in [6.07, 6.45) is 0.106. The van der Waals surface area contributed by atoms with Gasteiger partial charge in [0.05, 0.1) is 12.0 Å². The SMILES string of the molecule is CC(C)(O)CNC(=O)Cc1c(Cl)cccc1Cl. The minimum absolute atomic E-state index is 0.106. The van der Waals surface area contributed by atoms with Gasteiger partial charge in [0.15, 0.2) is 0 Å². The van der Waals surface area contributed by atoms with Crippen molar-refractivity contribution in [3.05, 3.63) is 33.8 Å². The van der Waals surface area contributed by atoms with E-state index in [-0.39, 0.29) is 18.9 Å². The highest BCUT2D eigenvalue weighted by Gasteiger charge is 2.15. The Bertz CT molecular complexity index is 393. The van der Waals surface area contributed by atoms with E-state index in [1.807, 2.05) is 0 Å². The largest absolute Gasteiger partial charge is 0.389 e. The van der Waals surface area contributed by atoms with E-state index in [2.05, 4.69) is 5.32 Å². The second-order valence-electron chi connectivity index (χ2n) is 4.47. The molecule has 0 aliphatic carbocycles. The molecular formula is C12H15Cl2NO2. The Hall–Kier alpha value is -0.770. The smallest absolute Gasteiger partial charge is 0.224 e. The van der Waals surface area contributed by atoms with Crippen LogP contribution in [-0.4, -0.2) is 23.2 Å². The second kappa shape index (κ2) is 5.71. The molecule has 0 aromatic heterocycles. The first-order chi connectivity index (χ1) is 7.79.